The van der Waals surface area contributed by atoms with Crippen LogP contribution in [0.5, 0.6) is 0 Å². The Bertz CT molecular complexity index is 473. The summed E-state index contributed by atoms with van der Waals surface area (Å²) >= 11 is 0. The zero-order valence-electron chi connectivity index (χ0n) is 7.44. The third kappa shape index (κ3) is 1.27. The first-order valence-electron chi connectivity index (χ1n) is 4.15. The van der Waals surface area contributed by atoms with E-state index >= 15 is 0 Å². The second-order valence-electron chi connectivity index (χ2n) is 3.18. The predicted octanol–water partition coefficient (Wildman–Crippen LogP) is 3.55. The Labute approximate surface area is 78.5 Å². The molecule has 0 atom stereocenters. The molecule has 1 aromatic carbocycles. The van der Waals surface area contributed by atoms with Crippen molar-refractivity contribution in [3.8, 4) is 0 Å². The molecule has 0 radical (unpaired) electrons. The Morgan fingerprint density at radius 2 is 2.00 bits per heavy atom. The third-order valence-electron chi connectivity index (χ3n) is 2.14. The molecule has 1 N–H and O–H groups in total. The minimum absolute atomic E-state index is 0.158. The van der Waals surface area contributed by atoms with Crippen LogP contribution in [0.25, 0.3) is 10.9 Å². The Kier molecular flexibility index (Phi) is 1.98. The second-order valence-corrected chi connectivity index (χ2v) is 3.18. The molecule has 1 aromatic heterocycles. The van der Waals surface area contributed by atoms with Crippen molar-refractivity contribution in [1.82, 2.24) is 4.98 Å². The number of halogens is 3. The molecular formula is C10H8F3N. The van der Waals surface area contributed by atoms with Crippen molar-refractivity contribution < 1.29 is 13.2 Å². The Hall–Kier alpha value is -1.45. The van der Waals surface area contributed by atoms with Gasteiger partial charge in [0, 0.05) is 16.6 Å². The Morgan fingerprint density at radius 3 is 2.64 bits per heavy atom. The smallest absolute Gasteiger partial charge is 0.265 e. The molecule has 4 heteroatoms. The molecule has 1 nitrogen and oxygen atoms in total. The lowest BCUT2D eigenvalue weighted by molar-refractivity contribution is 0.153. The highest BCUT2D eigenvalue weighted by atomic mass is 19.3. The van der Waals surface area contributed by atoms with Crippen LogP contribution in [0.3, 0.4) is 0 Å². The van der Waals surface area contributed by atoms with Crippen LogP contribution in [-0.4, -0.2) is 4.98 Å². The van der Waals surface area contributed by atoms with E-state index in [1.54, 1.807) is 6.92 Å². The molecule has 0 amide bonds. The summed E-state index contributed by atoms with van der Waals surface area (Å²) in [5.74, 6) is -0.478. The van der Waals surface area contributed by atoms with Gasteiger partial charge in [0.05, 0.1) is 5.52 Å². The average molecular weight is 199 g/mol. The maximum absolute atomic E-state index is 13.2. The maximum Gasteiger partial charge on any atom is 0.265 e. The van der Waals surface area contributed by atoms with Gasteiger partial charge in [-0.1, -0.05) is 0 Å². The van der Waals surface area contributed by atoms with Crippen molar-refractivity contribution in [2.45, 2.75) is 13.3 Å². The normalized spacial score (nSPS) is 11.5. The molecule has 0 spiro atoms. The minimum Gasteiger partial charge on any atom is -0.358 e. The van der Waals surface area contributed by atoms with Gasteiger partial charge in [-0.05, 0) is 25.1 Å². The lowest BCUT2D eigenvalue weighted by Gasteiger charge is -2.01. The van der Waals surface area contributed by atoms with Gasteiger partial charge in [-0.15, -0.1) is 0 Å². The predicted molar refractivity (Wildman–Crippen MR) is 48.0 cm³/mol. The van der Waals surface area contributed by atoms with Gasteiger partial charge in [0.25, 0.3) is 6.43 Å². The van der Waals surface area contributed by atoms with Gasteiger partial charge in [0.2, 0.25) is 0 Å². The Balaban J connectivity index is 2.81. The Morgan fingerprint density at radius 1 is 1.29 bits per heavy atom. The van der Waals surface area contributed by atoms with Crippen LogP contribution in [0.15, 0.2) is 18.2 Å². The first-order valence-corrected chi connectivity index (χ1v) is 4.15. The lowest BCUT2D eigenvalue weighted by atomic mass is 10.1. The molecule has 0 saturated heterocycles. The molecular weight excluding hydrogens is 191 g/mol. The lowest BCUT2D eigenvalue weighted by Crippen LogP contribution is -1.88. The SMILES string of the molecule is Cc1cc2c(F)ccc(C(F)F)c2[nH]1. The highest BCUT2D eigenvalue weighted by molar-refractivity contribution is 5.84. The van der Waals surface area contributed by atoms with E-state index in [0.29, 0.717) is 5.69 Å². The van der Waals surface area contributed by atoms with Crippen molar-refractivity contribution in [2.24, 2.45) is 0 Å². The summed E-state index contributed by atoms with van der Waals surface area (Å²) < 4.78 is 38.2. The van der Waals surface area contributed by atoms with E-state index in [1.807, 2.05) is 0 Å². The number of rotatable bonds is 1. The van der Waals surface area contributed by atoms with Gasteiger partial charge in [-0.3, -0.25) is 0 Å². The number of nitrogens with one attached hydrogen (secondary N) is 1. The van der Waals surface area contributed by atoms with E-state index in [1.165, 1.54) is 6.07 Å². The van der Waals surface area contributed by atoms with E-state index in [-0.39, 0.29) is 16.5 Å². The first-order chi connectivity index (χ1) is 6.59. The topological polar surface area (TPSA) is 15.8 Å². The molecule has 1 heterocycles. The number of benzene rings is 1. The van der Waals surface area contributed by atoms with Crippen molar-refractivity contribution in [1.29, 1.82) is 0 Å². The van der Waals surface area contributed by atoms with E-state index in [0.717, 1.165) is 12.1 Å². The van der Waals surface area contributed by atoms with Crippen LogP contribution in [-0.2, 0) is 0 Å². The van der Waals surface area contributed by atoms with Crippen LogP contribution in [0.2, 0.25) is 0 Å². The van der Waals surface area contributed by atoms with Gasteiger partial charge in [0.15, 0.2) is 0 Å². The van der Waals surface area contributed by atoms with Crippen molar-refractivity contribution in [2.75, 3.05) is 0 Å². The van der Waals surface area contributed by atoms with Gasteiger partial charge < -0.3 is 4.98 Å². The largest absolute Gasteiger partial charge is 0.358 e. The number of aromatic amines is 1. The zero-order chi connectivity index (χ0) is 10.3. The molecule has 2 rings (SSSR count). The maximum atomic E-state index is 13.2. The van der Waals surface area contributed by atoms with E-state index in [4.69, 9.17) is 0 Å². The molecule has 0 saturated carbocycles. The highest BCUT2D eigenvalue weighted by Crippen LogP contribution is 2.29. The monoisotopic (exact) mass is 199 g/mol. The molecule has 0 aliphatic heterocycles. The molecule has 0 unspecified atom stereocenters. The number of aryl methyl sites for hydroxylation is 1. The van der Waals surface area contributed by atoms with Crippen LogP contribution >= 0.6 is 0 Å². The van der Waals surface area contributed by atoms with E-state index in [9.17, 15) is 13.2 Å². The molecule has 0 aliphatic carbocycles. The van der Waals surface area contributed by atoms with Crippen LogP contribution < -0.4 is 0 Å². The summed E-state index contributed by atoms with van der Waals surface area (Å²) in [4.78, 5) is 2.73. The van der Waals surface area contributed by atoms with Crippen LogP contribution in [0.4, 0.5) is 13.2 Å². The second kappa shape index (κ2) is 3.04. The highest BCUT2D eigenvalue weighted by Gasteiger charge is 2.15. The fourth-order valence-electron chi connectivity index (χ4n) is 1.52. The average Bonchev–Trinajstić information content (AvgIpc) is 2.47. The number of aromatic nitrogens is 1. The first kappa shape index (κ1) is 9.12. The summed E-state index contributed by atoms with van der Waals surface area (Å²) in [7, 11) is 0. The quantitative estimate of drug-likeness (QED) is 0.722. The summed E-state index contributed by atoms with van der Waals surface area (Å²) in [5, 5.41) is 0.223. The zero-order valence-corrected chi connectivity index (χ0v) is 7.44. The van der Waals surface area contributed by atoms with Crippen LogP contribution in [0.1, 0.15) is 17.7 Å². The van der Waals surface area contributed by atoms with Gasteiger partial charge >= 0.3 is 0 Å². The van der Waals surface area contributed by atoms with E-state index in [2.05, 4.69) is 4.98 Å². The van der Waals surface area contributed by atoms with Crippen molar-refractivity contribution >= 4 is 10.9 Å². The molecule has 74 valence electrons. The fraction of sp³-hybridized carbons (Fsp3) is 0.200. The van der Waals surface area contributed by atoms with Gasteiger partial charge in [0.1, 0.15) is 5.82 Å². The third-order valence-corrected chi connectivity index (χ3v) is 2.14. The summed E-state index contributed by atoms with van der Waals surface area (Å²) in [6.45, 7) is 1.70. The van der Waals surface area contributed by atoms with Crippen LogP contribution in [0, 0.1) is 12.7 Å². The van der Waals surface area contributed by atoms with Gasteiger partial charge in [-0.25, -0.2) is 13.2 Å². The number of alkyl halides is 2. The van der Waals surface area contributed by atoms with Crippen molar-refractivity contribution in [3.05, 3.63) is 35.3 Å². The number of fused-ring (bicyclic) bond motifs is 1. The number of hydrogen-bond acceptors (Lipinski definition) is 0. The standard InChI is InChI=1S/C10H8F3N/c1-5-4-7-8(11)3-2-6(10(12)13)9(7)14-5/h2-4,10,14H,1H3. The molecule has 14 heavy (non-hydrogen) atoms. The molecule has 0 bridgehead atoms. The summed E-state index contributed by atoms with van der Waals surface area (Å²) in [6, 6.07) is 3.70. The summed E-state index contributed by atoms with van der Waals surface area (Å²) in [6.07, 6.45) is -2.59. The summed E-state index contributed by atoms with van der Waals surface area (Å²) in [5.41, 5.74) is 0.707. The van der Waals surface area contributed by atoms with E-state index < -0.39 is 12.2 Å². The molecule has 2 aromatic rings. The number of H-pyrrole nitrogens is 1. The number of hydrogen-bond donors (Lipinski definition) is 1. The molecule has 0 aliphatic rings. The fourth-order valence-corrected chi connectivity index (χ4v) is 1.52. The minimum atomic E-state index is -2.59. The van der Waals surface area contributed by atoms with Gasteiger partial charge in [-0.2, -0.15) is 0 Å². The van der Waals surface area contributed by atoms with Crippen molar-refractivity contribution in [3.63, 3.8) is 0 Å². The molecule has 0 fully saturated rings.